The molecule has 0 spiro atoms. The van der Waals surface area contributed by atoms with Crippen molar-refractivity contribution in [2.45, 2.75) is 33.1 Å². The van der Waals surface area contributed by atoms with E-state index in [9.17, 15) is 0 Å². The van der Waals surface area contributed by atoms with Crippen molar-refractivity contribution >= 4 is 5.90 Å². The van der Waals surface area contributed by atoms with Crippen LogP contribution in [0.3, 0.4) is 0 Å². The van der Waals surface area contributed by atoms with Crippen LogP contribution in [0.1, 0.15) is 38.8 Å². The van der Waals surface area contributed by atoms with Crippen molar-refractivity contribution < 1.29 is 4.74 Å². The lowest BCUT2D eigenvalue weighted by Crippen LogP contribution is -2.11. The average Bonchev–Trinajstić information content (AvgIpc) is 2.17. The molecule has 0 aliphatic rings. The Labute approximate surface area is 91.8 Å². The van der Waals surface area contributed by atoms with Crippen LogP contribution in [0.25, 0.3) is 0 Å². The summed E-state index contributed by atoms with van der Waals surface area (Å²) < 4.78 is 5.14. The van der Waals surface area contributed by atoms with Gasteiger partial charge < -0.3 is 4.74 Å². The Morgan fingerprint density at radius 1 is 1.20 bits per heavy atom. The lowest BCUT2D eigenvalue weighted by Gasteiger charge is -2.19. The molecule has 2 heteroatoms. The Bertz CT molecular complexity index is 333. The van der Waals surface area contributed by atoms with Crippen molar-refractivity contribution in [3.63, 3.8) is 0 Å². The Kier molecular flexibility index (Phi) is 3.51. The third-order valence-electron chi connectivity index (χ3n) is 2.30. The molecule has 2 nitrogen and oxygen atoms in total. The van der Waals surface area contributed by atoms with Crippen molar-refractivity contribution in [3.8, 4) is 0 Å². The highest BCUT2D eigenvalue weighted by Gasteiger charge is 2.13. The number of ether oxygens (including phenoxy) is 1. The molecule has 0 unspecified atom stereocenters. The van der Waals surface area contributed by atoms with Crippen LogP contribution in [0.15, 0.2) is 24.3 Å². The lowest BCUT2D eigenvalue weighted by atomic mass is 9.87. The highest BCUT2D eigenvalue weighted by molar-refractivity contribution is 5.91. The molecule has 0 aromatic heterocycles. The Balaban J connectivity index is 2.86. The Morgan fingerprint density at radius 3 is 2.13 bits per heavy atom. The summed E-state index contributed by atoms with van der Waals surface area (Å²) in [5.74, 6) is 0.248. The molecule has 0 atom stereocenters. The third-order valence-corrected chi connectivity index (χ3v) is 2.30. The van der Waals surface area contributed by atoms with E-state index in [2.05, 4.69) is 32.9 Å². The van der Waals surface area contributed by atoms with Gasteiger partial charge in [0.15, 0.2) is 0 Å². The molecular weight excluding hydrogens is 186 g/mol. The molecule has 0 heterocycles. The van der Waals surface area contributed by atoms with Crippen LogP contribution in [0.4, 0.5) is 0 Å². The van der Waals surface area contributed by atoms with Crippen LogP contribution >= 0.6 is 0 Å². The van der Waals surface area contributed by atoms with Gasteiger partial charge in [-0.3, -0.25) is 5.41 Å². The van der Waals surface area contributed by atoms with Gasteiger partial charge in [-0.1, -0.05) is 32.9 Å². The molecule has 1 N–H and O–H groups in total. The maximum absolute atomic E-state index is 7.63. The number of rotatable bonds is 2. The number of hydrogen-bond donors (Lipinski definition) is 1. The van der Waals surface area contributed by atoms with Gasteiger partial charge in [-0.2, -0.15) is 0 Å². The zero-order chi connectivity index (χ0) is 11.5. The molecule has 1 aromatic rings. The van der Waals surface area contributed by atoms with E-state index >= 15 is 0 Å². The minimum Gasteiger partial charge on any atom is -0.478 e. The van der Waals surface area contributed by atoms with Crippen LogP contribution in [0.5, 0.6) is 0 Å². The van der Waals surface area contributed by atoms with Crippen LogP contribution in [0, 0.1) is 5.41 Å². The zero-order valence-corrected chi connectivity index (χ0v) is 9.92. The highest BCUT2D eigenvalue weighted by atomic mass is 16.5. The minimum absolute atomic E-state index is 0.159. The second kappa shape index (κ2) is 4.47. The van der Waals surface area contributed by atoms with Gasteiger partial charge in [0.2, 0.25) is 5.90 Å². The van der Waals surface area contributed by atoms with Crippen LogP contribution in [-0.2, 0) is 10.2 Å². The maximum atomic E-state index is 7.63. The summed E-state index contributed by atoms with van der Waals surface area (Å²) in [5.41, 5.74) is 2.27. The largest absolute Gasteiger partial charge is 0.478 e. The van der Waals surface area contributed by atoms with Crippen molar-refractivity contribution in [1.29, 1.82) is 5.41 Å². The zero-order valence-electron chi connectivity index (χ0n) is 9.92. The van der Waals surface area contributed by atoms with E-state index in [1.54, 1.807) is 0 Å². The number of hydrogen-bond acceptors (Lipinski definition) is 2. The summed E-state index contributed by atoms with van der Waals surface area (Å²) in [6, 6.07) is 8.00. The molecule has 0 bridgehead atoms. The van der Waals surface area contributed by atoms with Gasteiger partial charge >= 0.3 is 0 Å². The summed E-state index contributed by atoms with van der Waals surface area (Å²) in [6.45, 7) is 8.96. The van der Waals surface area contributed by atoms with Crippen molar-refractivity contribution in [2.75, 3.05) is 6.61 Å². The maximum Gasteiger partial charge on any atom is 0.213 e. The van der Waals surface area contributed by atoms with Crippen LogP contribution < -0.4 is 0 Å². The SMILES string of the molecule is CCOC(=N)c1ccc(C(C)(C)C)cc1. The van der Waals surface area contributed by atoms with Gasteiger partial charge in [-0.05, 0) is 30.0 Å². The average molecular weight is 205 g/mol. The quantitative estimate of drug-likeness (QED) is 0.583. The molecule has 0 aliphatic heterocycles. The molecule has 0 aliphatic carbocycles. The Morgan fingerprint density at radius 2 is 1.73 bits per heavy atom. The first-order chi connectivity index (χ1) is 6.95. The lowest BCUT2D eigenvalue weighted by molar-refractivity contribution is 0.325. The van der Waals surface area contributed by atoms with Crippen LogP contribution in [-0.4, -0.2) is 12.5 Å². The number of nitrogens with one attached hydrogen (secondary N) is 1. The van der Waals surface area contributed by atoms with E-state index in [1.807, 2.05) is 19.1 Å². The molecule has 0 amide bonds. The first-order valence-electron chi connectivity index (χ1n) is 5.27. The van der Waals surface area contributed by atoms with E-state index in [1.165, 1.54) is 5.56 Å². The fourth-order valence-corrected chi connectivity index (χ4v) is 1.35. The molecule has 1 aromatic carbocycles. The smallest absolute Gasteiger partial charge is 0.213 e. The molecule has 82 valence electrons. The van der Waals surface area contributed by atoms with Gasteiger partial charge in [0, 0.05) is 5.56 Å². The van der Waals surface area contributed by atoms with Crippen molar-refractivity contribution in [1.82, 2.24) is 0 Å². The monoisotopic (exact) mass is 205 g/mol. The summed E-state index contributed by atoms with van der Waals surface area (Å²) >= 11 is 0. The predicted octanol–water partition coefficient (Wildman–Crippen LogP) is 3.35. The molecule has 0 saturated carbocycles. The molecule has 15 heavy (non-hydrogen) atoms. The highest BCUT2D eigenvalue weighted by Crippen LogP contribution is 2.22. The predicted molar refractivity (Wildman–Crippen MR) is 63.6 cm³/mol. The van der Waals surface area contributed by atoms with Crippen molar-refractivity contribution in [2.24, 2.45) is 0 Å². The fourth-order valence-electron chi connectivity index (χ4n) is 1.35. The standard InChI is InChI=1S/C13H19NO/c1-5-15-12(14)10-6-8-11(9-7-10)13(2,3)4/h6-9,14H,5H2,1-4H3. The van der Waals surface area contributed by atoms with Gasteiger partial charge in [0.25, 0.3) is 0 Å². The van der Waals surface area contributed by atoms with Gasteiger partial charge in [0.1, 0.15) is 0 Å². The fraction of sp³-hybridized carbons (Fsp3) is 0.462. The van der Waals surface area contributed by atoms with E-state index in [-0.39, 0.29) is 11.3 Å². The second-order valence-corrected chi connectivity index (χ2v) is 4.59. The first-order valence-corrected chi connectivity index (χ1v) is 5.27. The van der Waals surface area contributed by atoms with Crippen LogP contribution in [0.2, 0.25) is 0 Å². The first kappa shape index (κ1) is 11.8. The summed E-state index contributed by atoms with van der Waals surface area (Å²) in [7, 11) is 0. The second-order valence-electron chi connectivity index (χ2n) is 4.59. The topological polar surface area (TPSA) is 33.1 Å². The molecule has 0 radical (unpaired) electrons. The minimum atomic E-state index is 0.159. The molecular formula is C13H19NO. The molecule has 1 rings (SSSR count). The Hall–Kier alpha value is -1.31. The van der Waals surface area contributed by atoms with E-state index in [4.69, 9.17) is 10.1 Å². The summed E-state index contributed by atoms with van der Waals surface area (Å²) in [4.78, 5) is 0. The molecule has 0 saturated heterocycles. The van der Waals surface area contributed by atoms with E-state index in [0.717, 1.165) is 5.56 Å². The number of benzene rings is 1. The van der Waals surface area contributed by atoms with E-state index < -0.39 is 0 Å². The normalized spacial score (nSPS) is 11.2. The molecule has 0 fully saturated rings. The van der Waals surface area contributed by atoms with Crippen molar-refractivity contribution in [3.05, 3.63) is 35.4 Å². The van der Waals surface area contributed by atoms with E-state index in [0.29, 0.717) is 6.61 Å². The van der Waals surface area contributed by atoms with Gasteiger partial charge in [-0.25, -0.2) is 0 Å². The van der Waals surface area contributed by atoms with Gasteiger partial charge in [-0.15, -0.1) is 0 Å². The summed E-state index contributed by atoms with van der Waals surface area (Å²) in [5, 5.41) is 7.63. The summed E-state index contributed by atoms with van der Waals surface area (Å²) in [6.07, 6.45) is 0. The third kappa shape index (κ3) is 3.08. The van der Waals surface area contributed by atoms with Gasteiger partial charge in [0.05, 0.1) is 6.61 Å².